The monoisotopic (exact) mass is 566 g/mol. The van der Waals surface area contributed by atoms with Gasteiger partial charge in [0.05, 0.1) is 18.8 Å². The maximum absolute atomic E-state index is 12.9. The number of halogens is 3. The Morgan fingerprint density at radius 2 is 1.97 bits per heavy atom. The van der Waals surface area contributed by atoms with Crippen LogP contribution in [0.2, 0.25) is 0 Å². The van der Waals surface area contributed by atoms with Crippen molar-refractivity contribution >= 4 is 29.9 Å². The van der Waals surface area contributed by atoms with Crippen LogP contribution in [-0.4, -0.2) is 37.4 Å². The van der Waals surface area contributed by atoms with E-state index < -0.39 is 6.61 Å². The highest BCUT2D eigenvalue weighted by Crippen LogP contribution is 2.27. The van der Waals surface area contributed by atoms with Gasteiger partial charge in [0.25, 0.3) is 0 Å². The average Bonchev–Trinajstić information content (AvgIpc) is 3.07. The largest absolute Gasteiger partial charge is 0.493 e. The molecule has 0 spiro atoms. The number of aromatic nitrogens is 1. The van der Waals surface area contributed by atoms with E-state index in [1.165, 1.54) is 6.07 Å². The van der Waals surface area contributed by atoms with E-state index in [4.69, 9.17) is 14.0 Å². The molecule has 1 unspecified atom stereocenters. The summed E-state index contributed by atoms with van der Waals surface area (Å²) in [6.45, 7) is 8.84. The van der Waals surface area contributed by atoms with Gasteiger partial charge in [-0.2, -0.15) is 8.78 Å². The lowest BCUT2D eigenvalue weighted by Crippen LogP contribution is -2.39. The second kappa shape index (κ2) is 14.1. The lowest BCUT2D eigenvalue weighted by atomic mass is 10.00. The molecule has 0 amide bonds. The van der Waals surface area contributed by atoms with Crippen LogP contribution in [0.25, 0.3) is 0 Å². The second-order valence-electron chi connectivity index (χ2n) is 7.21. The summed E-state index contributed by atoms with van der Waals surface area (Å²) < 4.78 is 41.2. The molecular formula is C22H33F2IN4O3. The number of nitrogens with zero attached hydrogens (tertiary/aromatic N) is 2. The normalized spacial score (nSPS) is 12.3. The Hall–Kier alpha value is -2.11. The molecule has 2 aromatic rings. The molecule has 0 saturated heterocycles. The number of ether oxygens (including phenoxy) is 2. The molecule has 0 fully saturated rings. The maximum atomic E-state index is 12.9. The van der Waals surface area contributed by atoms with Crippen molar-refractivity contribution in [2.45, 2.75) is 60.1 Å². The summed E-state index contributed by atoms with van der Waals surface area (Å²) in [5, 5.41) is 10.5. The second-order valence-corrected chi connectivity index (χ2v) is 7.21. The topological polar surface area (TPSA) is 80.9 Å². The highest BCUT2D eigenvalue weighted by molar-refractivity contribution is 14.0. The number of hydrogen-bond acceptors (Lipinski definition) is 5. The van der Waals surface area contributed by atoms with Crippen LogP contribution in [-0.2, 0) is 6.54 Å². The summed E-state index contributed by atoms with van der Waals surface area (Å²) in [5.41, 5.74) is 2.48. The first-order valence-electron chi connectivity index (χ1n) is 10.5. The Morgan fingerprint density at radius 1 is 1.22 bits per heavy atom. The zero-order chi connectivity index (χ0) is 22.8. The van der Waals surface area contributed by atoms with Crippen molar-refractivity contribution in [2.24, 2.45) is 4.99 Å². The van der Waals surface area contributed by atoms with Gasteiger partial charge in [-0.25, -0.2) is 4.99 Å². The first kappa shape index (κ1) is 27.9. The lowest BCUT2D eigenvalue weighted by molar-refractivity contribution is -0.0505. The van der Waals surface area contributed by atoms with E-state index in [2.05, 4.69) is 27.7 Å². The predicted octanol–water partition coefficient (Wildman–Crippen LogP) is 5.16. The fraction of sp³-hybridized carbons (Fsp3) is 0.545. The molecule has 32 heavy (non-hydrogen) atoms. The van der Waals surface area contributed by atoms with Crippen LogP contribution in [0, 0.1) is 13.8 Å². The van der Waals surface area contributed by atoms with Crippen molar-refractivity contribution < 1.29 is 22.8 Å². The summed E-state index contributed by atoms with van der Waals surface area (Å²) in [4.78, 5) is 4.53. The van der Waals surface area contributed by atoms with Crippen LogP contribution in [0.15, 0.2) is 27.7 Å². The summed E-state index contributed by atoms with van der Waals surface area (Å²) in [6.07, 6.45) is 0.821. The predicted molar refractivity (Wildman–Crippen MR) is 131 cm³/mol. The van der Waals surface area contributed by atoms with E-state index in [9.17, 15) is 8.78 Å². The molecule has 1 heterocycles. The Bertz CT molecular complexity index is 842. The molecule has 7 nitrogen and oxygen atoms in total. The van der Waals surface area contributed by atoms with Gasteiger partial charge in [0, 0.05) is 36.2 Å². The summed E-state index contributed by atoms with van der Waals surface area (Å²) in [7, 11) is 0. The zero-order valence-electron chi connectivity index (χ0n) is 19.2. The molecule has 10 heteroatoms. The SMILES string of the molecule is CCCOc1ccc(CN=C(NCC)NCC(C)c2c(C)noc2C)c(OC(F)F)c1.I. The molecule has 0 radical (unpaired) electrons. The molecule has 2 rings (SSSR count). The number of aryl methyl sites for hydroxylation is 2. The Kier molecular flexibility index (Phi) is 12.3. The third-order valence-electron chi connectivity index (χ3n) is 4.64. The first-order chi connectivity index (χ1) is 14.8. The van der Waals surface area contributed by atoms with E-state index >= 15 is 0 Å². The fourth-order valence-electron chi connectivity index (χ4n) is 3.23. The van der Waals surface area contributed by atoms with Crippen LogP contribution < -0.4 is 20.1 Å². The highest BCUT2D eigenvalue weighted by atomic mass is 127. The van der Waals surface area contributed by atoms with Gasteiger partial charge >= 0.3 is 6.61 Å². The van der Waals surface area contributed by atoms with Gasteiger partial charge in [-0.05, 0) is 39.3 Å². The Morgan fingerprint density at radius 3 is 2.56 bits per heavy atom. The smallest absolute Gasteiger partial charge is 0.387 e. The number of rotatable bonds is 11. The first-order valence-corrected chi connectivity index (χ1v) is 10.5. The minimum absolute atomic E-state index is 0. The number of hydrogen-bond donors (Lipinski definition) is 2. The third-order valence-corrected chi connectivity index (χ3v) is 4.64. The molecule has 0 saturated carbocycles. The van der Waals surface area contributed by atoms with E-state index in [0.717, 1.165) is 23.4 Å². The molecule has 1 aromatic carbocycles. The molecule has 1 aromatic heterocycles. The summed E-state index contributed by atoms with van der Waals surface area (Å²) >= 11 is 0. The van der Waals surface area contributed by atoms with Gasteiger partial charge in [-0.1, -0.05) is 19.0 Å². The minimum atomic E-state index is -2.92. The van der Waals surface area contributed by atoms with Gasteiger partial charge < -0.3 is 24.6 Å². The van der Waals surface area contributed by atoms with Crippen molar-refractivity contribution in [3.63, 3.8) is 0 Å². The number of aliphatic imine (C=N–C) groups is 1. The van der Waals surface area contributed by atoms with Crippen LogP contribution in [0.3, 0.4) is 0 Å². The van der Waals surface area contributed by atoms with Gasteiger partial charge in [0.1, 0.15) is 17.3 Å². The molecule has 0 aliphatic carbocycles. The summed E-state index contributed by atoms with van der Waals surface area (Å²) in [5.74, 6) is 2.09. The quantitative estimate of drug-likeness (QED) is 0.222. The number of benzene rings is 1. The van der Waals surface area contributed by atoms with Crippen LogP contribution >= 0.6 is 24.0 Å². The maximum Gasteiger partial charge on any atom is 0.387 e. The van der Waals surface area contributed by atoms with E-state index in [1.54, 1.807) is 12.1 Å². The van der Waals surface area contributed by atoms with Crippen molar-refractivity contribution in [3.8, 4) is 11.5 Å². The number of alkyl halides is 2. The van der Waals surface area contributed by atoms with E-state index in [-0.39, 0.29) is 42.2 Å². The molecule has 1 atom stereocenters. The van der Waals surface area contributed by atoms with Crippen LogP contribution in [0.5, 0.6) is 11.5 Å². The average molecular weight is 566 g/mol. The van der Waals surface area contributed by atoms with Crippen molar-refractivity contribution in [3.05, 3.63) is 40.8 Å². The number of nitrogens with one attached hydrogen (secondary N) is 2. The van der Waals surface area contributed by atoms with Crippen molar-refractivity contribution in [1.82, 2.24) is 15.8 Å². The molecule has 180 valence electrons. The summed E-state index contributed by atoms with van der Waals surface area (Å²) in [6, 6.07) is 4.91. The Labute approximate surface area is 205 Å². The molecule has 0 bridgehead atoms. The van der Waals surface area contributed by atoms with Crippen molar-refractivity contribution in [1.29, 1.82) is 0 Å². The van der Waals surface area contributed by atoms with Crippen molar-refractivity contribution in [2.75, 3.05) is 19.7 Å². The number of guanidine groups is 1. The molecule has 2 N–H and O–H groups in total. The standard InChI is InChI=1S/C22H32F2N4O3.HI/c1-6-10-29-18-9-8-17(19(11-18)30-21(23)24)13-27-22(25-7-2)26-12-14(3)20-15(4)28-31-16(20)5;/h8-9,11,14,21H,6-7,10,12-13H2,1-5H3,(H2,25,26,27);1H. The fourth-order valence-corrected chi connectivity index (χ4v) is 3.23. The Balaban J connectivity index is 0.00000512. The lowest BCUT2D eigenvalue weighted by Gasteiger charge is -2.16. The van der Waals surface area contributed by atoms with Gasteiger partial charge in [0.2, 0.25) is 0 Å². The van der Waals surface area contributed by atoms with Crippen LogP contribution in [0.1, 0.15) is 55.7 Å². The highest BCUT2D eigenvalue weighted by Gasteiger charge is 2.17. The minimum Gasteiger partial charge on any atom is -0.493 e. The van der Waals surface area contributed by atoms with Gasteiger partial charge in [0.15, 0.2) is 5.96 Å². The van der Waals surface area contributed by atoms with Gasteiger partial charge in [-0.15, -0.1) is 24.0 Å². The van der Waals surface area contributed by atoms with Crippen LogP contribution in [0.4, 0.5) is 8.78 Å². The molecular weight excluding hydrogens is 533 g/mol. The van der Waals surface area contributed by atoms with E-state index in [0.29, 0.717) is 37.0 Å². The van der Waals surface area contributed by atoms with Gasteiger partial charge in [-0.3, -0.25) is 0 Å². The molecule has 0 aliphatic heterocycles. The van der Waals surface area contributed by atoms with E-state index in [1.807, 2.05) is 27.7 Å². The zero-order valence-corrected chi connectivity index (χ0v) is 21.5. The third kappa shape index (κ3) is 8.44. The molecule has 0 aliphatic rings.